The van der Waals surface area contributed by atoms with Gasteiger partial charge in [-0.2, -0.15) is 0 Å². The second-order valence-electron chi connectivity index (χ2n) is 11.9. The van der Waals surface area contributed by atoms with Crippen LogP contribution in [0.5, 0.6) is 0 Å². The van der Waals surface area contributed by atoms with Gasteiger partial charge in [-0.3, -0.25) is 0 Å². The number of rotatable bonds is 8. The van der Waals surface area contributed by atoms with Crippen LogP contribution in [0.15, 0.2) is 194 Å². The first kappa shape index (κ1) is 29.1. The molecule has 0 radical (unpaired) electrons. The van der Waals surface area contributed by atoms with Gasteiger partial charge in [0, 0.05) is 34.1 Å². The molecule has 0 aliphatic rings. The van der Waals surface area contributed by atoms with Crippen molar-refractivity contribution in [1.82, 2.24) is 0 Å². The van der Waals surface area contributed by atoms with Gasteiger partial charge in [-0.15, -0.1) is 0 Å². The van der Waals surface area contributed by atoms with Crippen LogP contribution in [0, 0.1) is 0 Å². The van der Waals surface area contributed by atoms with Crippen LogP contribution in [0.1, 0.15) is 11.1 Å². The van der Waals surface area contributed by atoms with Gasteiger partial charge in [-0.25, -0.2) is 0 Å². The van der Waals surface area contributed by atoms with E-state index < -0.39 is 0 Å². The van der Waals surface area contributed by atoms with Crippen LogP contribution in [0.3, 0.4) is 0 Å². The van der Waals surface area contributed by atoms with Crippen LogP contribution in [0.2, 0.25) is 0 Å². The first-order valence-corrected chi connectivity index (χ1v) is 16.3. The van der Waals surface area contributed by atoms with Gasteiger partial charge in [0.15, 0.2) is 0 Å². The summed E-state index contributed by atoms with van der Waals surface area (Å²) in [4.78, 5) is 4.62. The minimum atomic E-state index is 1.12. The van der Waals surface area contributed by atoms with Gasteiger partial charge in [-0.1, -0.05) is 133 Å². The maximum atomic E-state index is 2.31. The number of para-hydroxylation sites is 2. The van der Waals surface area contributed by atoms with E-state index in [1.54, 1.807) is 0 Å². The molecule has 2 heteroatoms. The van der Waals surface area contributed by atoms with Gasteiger partial charge in [0.05, 0.1) is 0 Å². The highest BCUT2D eigenvalue weighted by Gasteiger charge is 2.14. The van der Waals surface area contributed by atoms with E-state index in [-0.39, 0.29) is 0 Å². The van der Waals surface area contributed by atoms with E-state index in [1.165, 1.54) is 21.5 Å². The molecule has 0 heterocycles. The van der Waals surface area contributed by atoms with E-state index in [2.05, 4.69) is 216 Å². The molecule has 0 atom stereocenters. The molecule has 8 aromatic carbocycles. The number of benzene rings is 8. The zero-order valence-electron chi connectivity index (χ0n) is 26.5. The van der Waals surface area contributed by atoms with Gasteiger partial charge in [-0.05, 0) is 105 Å². The van der Waals surface area contributed by atoms with E-state index in [9.17, 15) is 0 Å². The Hall–Kier alpha value is -6.38. The number of fused-ring (bicyclic) bond motifs is 2. The molecule has 8 rings (SSSR count). The smallest absolute Gasteiger partial charge is 0.0468 e. The summed E-state index contributed by atoms with van der Waals surface area (Å²) in [5.74, 6) is 0. The van der Waals surface area contributed by atoms with Crippen molar-refractivity contribution < 1.29 is 0 Å². The van der Waals surface area contributed by atoms with E-state index in [0.717, 1.165) is 45.3 Å². The third-order valence-corrected chi connectivity index (χ3v) is 8.78. The fourth-order valence-electron chi connectivity index (χ4n) is 6.34. The lowest BCUT2D eigenvalue weighted by molar-refractivity contribution is 1.29. The molecule has 228 valence electrons. The highest BCUT2D eigenvalue weighted by Crippen LogP contribution is 2.37. The molecule has 48 heavy (non-hydrogen) atoms. The molecule has 8 aromatic rings. The Kier molecular flexibility index (Phi) is 7.96. The molecule has 0 saturated heterocycles. The van der Waals surface area contributed by atoms with Crippen molar-refractivity contribution in [3.8, 4) is 0 Å². The molecule has 0 unspecified atom stereocenters. The van der Waals surface area contributed by atoms with Gasteiger partial charge in [0.2, 0.25) is 0 Å². The van der Waals surface area contributed by atoms with Crippen LogP contribution < -0.4 is 9.80 Å². The highest BCUT2D eigenvalue weighted by atomic mass is 15.1. The molecule has 2 nitrogen and oxygen atoms in total. The van der Waals surface area contributed by atoms with Crippen LogP contribution in [0.4, 0.5) is 34.1 Å². The van der Waals surface area contributed by atoms with Crippen molar-refractivity contribution in [2.45, 2.75) is 0 Å². The second-order valence-corrected chi connectivity index (χ2v) is 11.9. The predicted octanol–water partition coefficient (Wildman–Crippen LogP) is 13.1. The third-order valence-electron chi connectivity index (χ3n) is 8.78. The first-order chi connectivity index (χ1) is 23.8. The average Bonchev–Trinajstić information content (AvgIpc) is 3.16. The van der Waals surface area contributed by atoms with E-state index >= 15 is 0 Å². The molecule has 0 spiro atoms. The van der Waals surface area contributed by atoms with E-state index in [1.807, 2.05) is 0 Å². The fraction of sp³-hybridized carbons (Fsp3) is 0. The average molecular weight is 615 g/mol. The molecule has 0 N–H and O–H groups in total. The molecular weight excluding hydrogens is 581 g/mol. The zero-order chi connectivity index (χ0) is 32.1. The molecule has 0 aromatic heterocycles. The van der Waals surface area contributed by atoms with Crippen molar-refractivity contribution in [2.24, 2.45) is 0 Å². The Bertz CT molecular complexity index is 2160. The molecule has 0 fully saturated rings. The maximum absolute atomic E-state index is 2.31. The Morgan fingerprint density at radius 1 is 0.250 bits per heavy atom. The molecule has 0 aliphatic heterocycles. The van der Waals surface area contributed by atoms with Crippen LogP contribution in [-0.4, -0.2) is 0 Å². The fourth-order valence-corrected chi connectivity index (χ4v) is 6.34. The summed E-state index contributed by atoms with van der Waals surface area (Å²) in [7, 11) is 0. The SMILES string of the molecule is C(=Cc1ccc(N(c2ccccc2)c2ccc3ccccc3c2)cc1)c1ccc(N(c2ccccc2)c2ccc3ccccc3c2)cc1. The van der Waals surface area contributed by atoms with Crippen molar-refractivity contribution in [3.05, 3.63) is 205 Å². The standard InChI is InChI=1S/C46H34N2/c1-3-15-41(16-4-1)47(45-31-25-37-11-7-9-13-39(37)33-45)43-27-21-35(22-28-43)19-20-36-23-29-44(30-24-36)48(42-17-5-2-6-18-42)46-32-26-38-12-8-10-14-40(38)34-46/h1-34H. The van der Waals surface area contributed by atoms with Crippen LogP contribution in [0.25, 0.3) is 33.7 Å². The second kappa shape index (κ2) is 13.2. The quantitative estimate of drug-likeness (QED) is 0.157. The summed E-state index contributed by atoms with van der Waals surface area (Å²) < 4.78 is 0. The van der Waals surface area contributed by atoms with Crippen molar-refractivity contribution in [2.75, 3.05) is 9.80 Å². The normalized spacial score (nSPS) is 11.2. The van der Waals surface area contributed by atoms with Gasteiger partial charge in [0.1, 0.15) is 0 Å². The summed E-state index contributed by atoms with van der Waals surface area (Å²) in [6, 6.07) is 69.0. The summed E-state index contributed by atoms with van der Waals surface area (Å²) in [5, 5.41) is 4.93. The maximum Gasteiger partial charge on any atom is 0.0468 e. The molecule has 0 bridgehead atoms. The van der Waals surface area contributed by atoms with Gasteiger partial charge < -0.3 is 9.80 Å². The number of hydrogen-bond acceptors (Lipinski definition) is 2. The molecule has 0 amide bonds. The van der Waals surface area contributed by atoms with Crippen LogP contribution >= 0.6 is 0 Å². The lowest BCUT2D eigenvalue weighted by atomic mass is 10.1. The largest absolute Gasteiger partial charge is 0.310 e. The van der Waals surface area contributed by atoms with Crippen molar-refractivity contribution in [1.29, 1.82) is 0 Å². The first-order valence-electron chi connectivity index (χ1n) is 16.3. The van der Waals surface area contributed by atoms with Gasteiger partial charge in [0.25, 0.3) is 0 Å². The molecule has 0 saturated carbocycles. The predicted molar refractivity (Wildman–Crippen MR) is 206 cm³/mol. The Morgan fingerprint density at radius 2 is 0.562 bits per heavy atom. The summed E-state index contributed by atoms with van der Waals surface area (Å²) in [6.45, 7) is 0. The lowest BCUT2D eigenvalue weighted by Gasteiger charge is -2.26. The van der Waals surface area contributed by atoms with Gasteiger partial charge >= 0.3 is 0 Å². The van der Waals surface area contributed by atoms with Crippen molar-refractivity contribution >= 4 is 67.8 Å². The Labute approximate surface area is 282 Å². The summed E-state index contributed by atoms with van der Waals surface area (Å²) in [5.41, 5.74) is 9.06. The monoisotopic (exact) mass is 614 g/mol. The Balaban J connectivity index is 1.05. The Morgan fingerprint density at radius 3 is 0.958 bits per heavy atom. The number of anilines is 6. The topological polar surface area (TPSA) is 6.48 Å². The van der Waals surface area contributed by atoms with E-state index in [0.29, 0.717) is 0 Å². The summed E-state index contributed by atoms with van der Waals surface area (Å²) in [6.07, 6.45) is 4.36. The summed E-state index contributed by atoms with van der Waals surface area (Å²) >= 11 is 0. The number of hydrogen-bond donors (Lipinski definition) is 0. The lowest BCUT2D eigenvalue weighted by Crippen LogP contribution is -2.09. The zero-order valence-corrected chi connectivity index (χ0v) is 26.5. The van der Waals surface area contributed by atoms with Crippen LogP contribution in [-0.2, 0) is 0 Å². The van der Waals surface area contributed by atoms with E-state index in [4.69, 9.17) is 0 Å². The minimum Gasteiger partial charge on any atom is -0.310 e. The van der Waals surface area contributed by atoms with Crippen molar-refractivity contribution in [3.63, 3.8) is 0 Å². The molecule has 0 aliphatic carbocycles. The third kappa shape index (κ3) is 6.08. The minimum absolute atomic E-state index is 1.12. The molecular formula is C46H34N2. The highest BCUT2D eigenvalue weighted by molar-refractivity contribution is 5.90. The number of nitrogens with zero attached hydrogens (tertiary/aromatic N) is 2.